The lowest BCUT2D eigenvalue weighted by atomic mass is 10.3. The van der Waals surface area contributed by atoms with Gasteiger partial charge in [-0.1, -0.05) is 6.08 Å². The molecule has 0 N–H and O–H groups in total. The van der Waals surface area contributed by atoms with Crippen LogP contribution in [0.5, 0.6) is 0 Å². The fourth-order valence-corrected chi connectivity index (χ4v) is 0.899. The highest BCUT2D eigenvalue weighted by Gasteiger charge is 2.24. The van der Waals surface area contributed by atoms with E-state index in [4.69, 9.17) is 9.47 Å². The number of carbonyl (C=O) groups is 2. The Bertz CT molecular complexity index is 288. The summed E-state index contributed by atoms with van der Waals surface area (Å²) in [6.07, 6.45) is 3.54. The SMILES string of the molecule is C/C=C/C(=O)OC1=CC(=O)OC1C. The van der Waals surface area contributed by atoms with Crippen LogP contribution in [0.3, 0.4) is 0 Å². The fourth-order valence-electron chi connectivity index (χ4n) is 0.899. The molecule has 1 unspecified atom stereocenters. The number of cyclic esters (lactones) is 1. The molecule has 4 heteroatoms. The molecule has 0 aromatic rings. The predicted molar refractivity (Wildman–Crippen MR) is 44.5 cm³/mol. The Balaban J connectivity index is 2.59. The van der Waals surface area contributed by atoms with Gasteiger partial charge in [0.25, 0.3) is 0 Å². The van der Waals surface area contributed by atoms with E-state index < -0.39 is 18.0 Å². The largest absolute Gasteiger partial charge is 0.451 e. The summed E-state index contributed by atoms with van der Waals surface area (Å²) in [6, 6.07) is 0. The number of hydrogen-bond acceptors (Lipinski definition) is 4. The Labute approximate surface area is 75.8 Å². The first kappa shape index (κ1) is 9.51. The summed E-state index contributed by atoms with van der Waals surface area (Å²) in [5.41, 5.74) is 0. The molecule has 0 fully saturated rings. The van der Waals surface area contributed by atoms with Crippen molar-refractivity contribution in [1.82, 2.24) is 0 Å². The minimum absolute atomic E-state index is 0.258. The predicted octanol–water partition coefficient (Wildman–Crippen LogP) is 0.935. The van der Waals surface area contributed by atoms with Gasteiger partial charge in [0.2, 0.25) is 0 Å². The molecule has 0 aliphatic carbocycles. The quantitative estimate of drug-likeness (QED) is 0.471. The van der Waals surface area contributed by atoms with E-state index in [2.05, 4.69) is 0 Å². The zero-order chi connectivity index (χ0) is 9.84. The van der Waals surface area contributed by atoms with Crippen molar-refractivity contribution in [3.63, 3.8) is 0 Å². The first-order valence-electron chi connectivity index (χ1n) is 3.90. The average Bonchev–Trinajstić information content (AvgIpc) is 2.30. The van der Waals surface area contributed by atoms with Crippen molar-refractivity contribution in [2.24, 2.45) is 0 Å². The van der Waals surface area contributed by atoms with E-state index in [9.17, 15) is 9.59 Å². The second-order valence-electron chi connectivity index (χ2n) is 2.55. The molecule has 1 atom stereocenters. The molecule has 1 heterocycles. The summed E-state index contributed by atoms with van der Waals surface area (Å²) in [5.74, 6) is -0.720. The summed E-state index contributed by atoms with van der Waals surface area (Å²) in [5, 5.41) is 0. The molecule has 0 saturated heterocycles. The van der Waals surface area contributed by atoms with Crippen LogP contribution < -0.4 is 0 Å². The van der Waals surface area contributed by atoms with Gasteiger partial charge in [0.15, 0.2) is 11.9 Å². The van der Waals surface area contributed by atoms with Crippen LogP contribution in [0.1, 0.15) is 13.8 Å². The molecule has 1 aliphatic heterocycles. The zero-order valence-electron chi connectivity index (χ0n) is 7.44. The van der Waals surface area contributed by atoms with Crippen LogP contribution in [-0.2, 0) is 19.1 Å². The number of hydrogen-bond donors (Lipinski definition) is 0. The number of ether oxygens (including phenoxy) is 2. The van der Waals surface area contributed by atoms with E-state index in [1.807, 2.05) is 0 Å². The first-order valence-corrected chi connectivity index (χ1v) is 3.90. The van der Waals surface area contributed by atoms with E-state index in [1.54, 1.807) is 19.9 Å². The van der Waals surface area contributed by atoms with Crippen LogP contribution in [0.15, 0.2) is 24.0 Å². The van der Waals surface area contributed by atoms with Gasteiger partial charge >= 0.3 is 11.9 Å². The molecule has 0 spiro atoms. The second kappa shape index (κ2) is 3.89. The summed E-state index contributed by atoms with van der Waals surface area (Å²) < 4.78 is 9.54. The normalized spacial score (nSPS) is 21.5. The van der Waals surface area contributed by atoms with Crippen molar-refractivity contribution in [2.45, 2.75) is 20.0 Å². The third-order valence-corrected chi connectivity index (χ3v) is 1.47. The third-order valence-electron chi connectivity index (χ3n) is 1.47. The number of rotatable bonds is 2. The van der Waals surface area contributed by atoms with E-state index in [0.29, 0.717) is 0 Å². The highest BCUT2D eigenvalue weighted by Crippen LogP contribution is 2.16. The molecule has 0 radical (unpaired) electrons. The molecule has 0 aromatic heterocycles. The Morgan fingerprint density at radius 3 is 2.85 bits per heavy atom. The van der Waals surface area contributed by atoms with Gasteiger partial charge in [0.05, 0.1) is 6.08 Å². The van der Waals surface area contributed by atoms with Crippen LogP contribution >= 0.6 is 0 Å². The van der Waals surface area contributed by atoms with E-state index in [0.717, 1.165) is 0 Å². The van der Waals surface area contributed by atoms with Crippen molar-refractivity contribution < 1.29 is 19.1 Å². The summed E-state index contributed by atoms with van der Waals surface area (Å²) >= 11 is 0. The maximum atomic E-state index is 10.9. The van der Waals surface area contributed by atoms with Crippen molar-refractivity contribution in [1.29, 1.82) is 0 Å². The van der Waals surface area contributed by atoms with Crippen LogP contribution in [0.4, 0.5) is 0 Å². The van der Waals surface area contributed by atoms with Crippen molar-refractivity contribution >= 4 is 11.9 Å². The van der Waals surface area contributed by atoms with Crippen LogP contribution in [0.25, 0.3) is 0 Å². The van der Waals surface area contributed by atoms with Gasteiger partial charge in [0.1, 0.15) is 0 Å². The minimum Gasteiger partial charge on any atom is -0.451 e. The van der Waals surface area contributed by atoms with Crippen LogP contribution in [-0.4, -0.2) is 18.0 Å². The lowest BCUT2D eigenvalue weighted by Crippen LogP contribution is -2.11. The molecular weight excluding hydrogens is 172 g/mol. The van der Waals surface area contributed by atoms with Gasteiger partial charge in [0, 0.05) is 6.08 Å². The van der Waals surface area contributed by atoms with Gasteiger partial charge in [-0.2, -0.15) is 0 Å². The number of carbonyl (C=O) groups excluding carboxylic acids is 2. The average molecular weight is 182 g/mol. The highest BCUT2D eigenvalue weighted by molar-refractivity contribution is 5.88. The lowest BCUT2D eigenvalue weighted by molar-refractivity contribution is -0.141. The minimum atomic E-state index is -0.501. The highest BCUT2D eigenvalue weighted by atomic mass is 16.6. The zero-order valence-corrected chi connectivity index (χ0v) is 7.44. The summed E-state index contributed by atoms with van der Waals surface area (Å²) in [7, 11) is 0. The van der Waals surface area contributed by atoms with Crippen LogP contribution in [0.2, 0.25) is 0 Å². The van der Waals surface area contributed by atoms with Gasteiger partial charge in [-0.25, -0.2) is 9.59 Å². The van der Waals surface area contributed by atoms with E-state index in [-0.39, 0.29) is 5.76 Å². The Hall–Kier alpha value is -1.58. The third kappa shape index (κ3) is 2.43. The van der Waals surface area contributed by atoms with Crippen molar-refractivity contribution in [3.8, 4) is 0 Å². The molecule has 1 aliphatic rings. The molecule has 70 valence electrons. The second-order valence-corrected chi connectivity index (χ2v) is 2.55. The molecule has 1 rings (SSSR count). The Kier molecular flexibility index (Phi) is 2.84. The molecule has 0 aromatic carbocycles. The van der Waals surface area contributed by atoms with Gasteiger partial charge in [-0.15, -0.1) is 0 Å². The first-order chi connectivity index (χ1) is 6.13. The monoisotopic (exact) mass is 182 g/mol. The smallest absolute Gasteiger partial charge is 0.335 e. The van der Waals surface area contributed by atoms with Gasteiger partial charge in [-0.05, 0) is 13.8 Å². The molecule has 13 heavy (non-hydrogen) atoms. The topological polar surface area (TPSA) is 52.6 Å². The number of esters is 2. The molecule has 0 saturated carbocycles. The summed E-state index contributed by atoms with van der Waals surface area (Å²) in [6.45, 7) is 3.34. The van der Waals surface area contributed by atoms with Crippen LogP contribution in [0, 0.1) is 0 Å². The van der Waals surface area contributed by atoms with E-state index >= 15 is 0 Å². The number of allylic oxidation sites excluding steroid dienone is 1. The molecule has 0 bridgehead atoms. The van der Waals surface area contributed by atoms with Crippen molar-refractivity contribution in [3.05, 3.63) is 24.0 Å². The van der Waals surface area contributed by atoms with Gasteiger partial charge in [-0.3, -0.25) is 0 Å². The lowest BCUT2D eigenvalue weighted by Gasteiger charge is -2.06. The summed E-state index contributed by atoms with van der Waals surface area (Å²) in [4.78, 5) is 21.6. The fraction of sp³-hybridized carbons (Fsp3) is 0.333. The Morgan fingerprint density at radius 2 is 2.38 bits per heavy atom. The van der Waals surface area contributed by atoms with Gasteiger partial charge < -0.3 is 9.47 Å². The molecule has 4 nitrogen and oxygen atoms in total. The maximum absolute atomic E-state index is 10.9. The van der Waals surface area contributed by atoms with E-state index in [1.165, 1.54) is 12.2 Å². The molecular formula is C9H10O4. The molecule has 0 amide bonds. The maximum Gasteiger partial charge on any atom is 0.335 e. The standard InChI is InChI=1S/C9H10O4/c1-3-4-8(10)13-7-5-9(11)12-6(7)2/h3-6H,1-2H3/b4-3+. The Morgan fingerprint density at radius 1 is 1.69 bits per heavy atom. The van der Waals surface area contributed by atoms with Crippen molar-refractivity contribution in [2.75, 3.05) is 0 Å².